The first-order valence-corrected chi connectivity index (χ1v) is 4.45. The van der Waals surface area contributed by atoms with Crippen LogP contribution in [0.25, 0.3) is 10.9 Å². The van der Waals surface area contributed by atoms with Crippen molar-refractivity contribution in [2.24, 2.45) is 5.73 Å². The Kier molecular flexibility index (Phi) is 2.23. The number of para-hydroxylation sites is 1. The van der Waals surface area contributed by atoms with Gasteiger partial charge >= 0.3 is 0 Å². The van der Waals surface area contributed by atoms with Crippen LogP contribution in [0.2, 0.25) is 0 Å². The molecule has 0 aliphatic carbocycles. The summed E-state index contributed by atoms with van der Waals surface area (Å²) >= 11 is 0. The van der Waals surface area contributed by atoms with Gasteiger partial charge in [-0.3, -0.25) is 4.79 Å². The number of carbonyl (C=O) groups excluding carboxylic acids is 1. The lowest BCUT2D eigenvalue weighted by molar-refractivity contribution is -0.115. The van der Waals surface area contributed by atoms with E-state index in [-0.39, 0.29) is 5.91 Å². The monoisotopic (exact) mass is 187 g/mol. The number of nitrogens with two attached hydrogens (primary N) is 1. The van der Waals surface area contributed by atoms with Crippen LogP contribution in [0, 0.1) is 6.42 Å². The number of carbonyl (C=O) groups is 1. The molecule has 0 fully saturated rings. The van der Waals surface area contributed by atoms with Gasteiger partial charge in [-0.05, 0) is 18.1 Å². The highest BCUT2D eigenvalue weighted by atomic mass is 16.1. The summed E-state index contributed by atoms with van der Waals surface area (Å²) in [6.45, 7) is 0. The minimum absolute atomic E-state index is 0.379. The van der Waals surface area contributed by atoms with Gasteiger partial charge in [-0.25, -0.2) is 0 Å². The third kappa shape index (κ3) is 1.62. The molecule has 2 aromatic rings. The maximum Gasteiger partial charge on any atom is 0.221 e. The SMILES string of the molecule is NC(=O)[CH]Cc1c[nH]c2ccccc12. The van der Waals surface area contributed by atoms with Crippen molar-refractivity contribution in [2.45, 2.75) is 6.42 Å². The summed E-state index contributed by atoms with van der Waals surface area (Å²) < 4.78 is 0. The standard InChI is InChI=1S/C11H11N2O/c12-11(14)6-5-8-7-13-10-4-2-1-3-9(8)10/h1-4,6-7,13H,5H2,(H2,12,14). The number of nitrogens with one attached hydrogen (secondary N) is 1. The first-order valence-electron chi connectivity index (χ1n) is 4.45. The summed E-state index contributed by atoms with van der Waals surface area (Å²) in [6.07, 6.45) is 3.97. The second-order valence-electron chi connectivity index (χ2n) is 3.17. The molecule has 0 saturated carbocycles. The lowest BCUT2D eigenvalue weighted by Gasteiger charge is -1.95. The summed E-state index contributed by atoms with van der Waals surface area (Å²) in [7, 11) is 0. The Bertz CT molecular complexity index is 459. The molecule has 0 aliphatic rings. The lowest BCUT2D eigenvalue weighted by atomic mass is 10.1. The molecule has 1 amide bonds. The number of hydrogen-bond acceptors (Lipinski definition) is 1. The van der Waals surface area contributed by atoms with Crippen LogP contribution in [0.4, 0.5) is 0 Å². The largest absolute Gasteiger partial charge is 0.369 e. The number of primary amides is 1. The van der Waals surface area contributed by atoms with E-state index in [1.165, 1.54) is 6.42 Å². The van der Waals surface area contributed by atoms with Gasteiger partial charge in [-0.1, -0.05) is 18.2 Å². The van der Waals surface area contributed by atoms with Crippen LogP contribution in [0.5, 0.6) is 0 Å². The van der Waals surface area contributed by atoms with E-state index in [1.807, 2.05) is 30.5 Å². The minimum atomic E-state index is -0.379. The normalized spacial score (nSPS) is 10.6. The van der Waals surface area contributed by atoms with Gasteiger partial charge in [0.05, 0.1) is 6.42 Å². The Hall–Kier alpha value is -1.77. The number of rotatable bonds is 3. The van der Waals surface area contributed by atoms with E-state index >= 15 is 0 Å². The number of fused-ring (bicyclic) bond motifs is 1. The number of H-pyrrole nitrogens is 1. The third-order valence-electron chi connectivity index (χ3n) is 2.20. The van der Waals surface area contributed by atoms with Gasteiger partial charge in [0.1, 0.15) is 0 Å². The average Bonchev–Trinajstić information content (AvgIpc) is 2.58. The lowest BCUT2D eigenvalue weighted by Crippen LogP contribution is -2.11. The molecule has 3 nitrogen and oxygen atoms in total. The van der Waals surface area contributed by atoms with Gasteiger partial charge in [0, 0.05) is 17.1 Å². The zero-order valence-electron chi connectivity index (χ0n) is 7.66. The average molecular weight is 187 g/mol. The number of benzene rings is 1. The molecule has 1 aromatic heterocycles. The van der Waals surface area contributed by atoms with Crippen LogP contribution >= 0.6 is 0 Å². The van der Waals surface area contributed by atoms with Crippen molar-refractivity contribution in [3.05, 3.63) is 42.4 Å². The van der Waals surface area contributed by atoms with E-state index in [1.54, 1.807) is 0 Å². The summed E-state index contributed by atoms with van der Waals surface area (Å²) in [5.41, 5.74) is 7.23. The predicted molar refractivity (Wildman–Crippen MR) is 55.5 cm³/mol. The molecule has 71 valence electrons. The molecular weight excluding hydrogens is 176 g/mol. The van der Waals surface area contributed by atoms with E-state index in [9.17, 15) is 4.79 Å². The van der Waals surface area contributed by atoms with E-state index in [2.05, 4.69) is 4.98 Å². The van der Waals surface area contributed by atoms with E-state index in [4.69, 9.17) is 5.73 Å². The Morgan fingerprint density at radius 3 is 3.00 bits per heavy atom. The molecule has 3 N–H and O–H groups in total. The Balaban J connectivity index is 2.29. The second-order valence-corrected chi connectivity index (χ2v) is 3.17. The van der Waals surface area contributed by atoms with E-state index in [0.717, 1.165) is 16.5 Å². The molecule has 1 heterocycles. The Morgan fingerprint density at radius 1 is 1.43 bits per heavy atom. The maximum atomic E-state index is 10.6. The molecule has 14 heavy (non-hydrogen) atoms. The van der Waals surface area contributed by atoms with E-state index < -0.39 is 0 Å². The fraction of sp³-hybridized carbons (Fsp3) is 0.0909. The van der Waals surface area contributed by atoms with Gasteiger partial charge in [0.15, 0.2) is 0 Å². The molecule has 0 aliphatic heterocycles. The zero-order chi connectivity index (χ0) is 9.97. The summed E-state index contributed by atoms with van der Waals surface area (Å²) in [6, 6.07) is 7.98. The molecule has 0 spiro atoms. The minimum Gasteiger partial charge on any atom is -0.369 e. The van der Waals surface area contributed by atoms with Crippen molar-refractivity contribution in [3.8, 4) is 0 Å². The van der Waals surface area contributed by atoms with Crippen molar-refractivity contribution in [3.63, 3.8) is 0 Å². The first kappa shape index (κ1) is 8.81. The topological polar surface area (TPSA) is 58.9 Å². The van der Waals surface area contributed by atoms with Gasteiger partial charge < -0.3 is 10.7 Å². The zero-order valence-corrected chi connectivity index (χ0v) is 7.66. The summed E-state index contributed by atoms with van der Waals surface area (Å²) in [5.74, 6) is -0.379. The quantitative estimate of drug-likeness (QED) is 0.749. The van der Waals surface area contributed by atoms with Gasteiger partial charge in [-0.2, -0.15) is 0 Å². The molecular formula is C11H11N2O. The number of aromatic amines is 1. The van der Waals surface area contributed by atoms with Gasteiger partial charge in [0.2, 0.25) is 5.91 Å². The van der Waals surface area contributed by atoms with Gasteiger partial charge in [-0.15, -0.1) is 0 Å². The van der Waals surface area contributed by atoms with Gasteiger partial charge in [0.25, 0.3) is 0 Å². The Morgan fingerprint density at radius 2 is 2.21 bits per heavy atom. The smallest absolute Gasteiger partial charge is 0.221 e. The highest BCUT2D eigenvalue weighted by Crippen LogP contribution is 2.18. The number of aromatic nitrogens is 1. The molecule has 0 saturated heterocycles. The molecule has 0 atom stereocenters. The molecule has 3 heteroatoms. The van der Waals surface area contributed by atoms with Crippen molar-refractivity contribution in [1.82, 2.24) is 4.98 Å². The van der Waals surface area contributed by atoms with Crippen molar-refractivity contribution in [1.29, 1.82) is 0 Å². The predicted octanol–water partition coefficient (Wildman–Crippen LogP) is 1.40. The van der Waals surface area contributed by atoms with Crippen LogP contribution < -0.4 is 5.73 Å². The summed E-state index contributed by atoms with van der Waals surface area (Å²) in [5, 5.41) is 1.14. The first-order chi connectivity index (χ1) is 6.77. The van der Waals surface area contributed by atoms with Crippen LogP contribution in [0.1, 0.15) is 5.56 Å². The summed E-state index contributed by atoms with van der Waals surface area (Å²) in [4.78, 5) is 13.7. The highest BCUT2D eigenvalue weighted by molar-refractivity contribution is 5.86. The molecule has 2 rings (SSSR count). The highest BCUT2D eigenvalue weighted by Gasteiger charge is 2.03. The molecule has 0 unspecified atom stereocenters. The molecule has 0 bridgehead atoms. The fourth-order valence-corrected chi connectivity index (χ4v) is 1.51. The van der Waals surface area contributed by atoms with Crippen LogP contribution in [0.3, 0.4) is 0 Å². The third-order valence-corrected chi connectivity index (χ3v) is 2.20. The second kappa shape index (κ2) is 3.54. The number of hydrogen-bond donors (Lipinski definition) is 2. The van der Waals surface area contributed by atoms with E-state index in [0.29, 0.717) is 6.42 Å². The molecule has 1 radical (unpaired) electrons. The fourth-order valence-electron chi connectivity index (χ4n) is 1.51. The van der Waals surface area contributed by atoms with Crippen LogP contribution in [-0.2, 0) is 11.2 Å². The van der Waals surface area contributed by atoms with Crippen molar-refractivity contribution < 1.29 is 4.79 Å². The van der Waals surface area contributed by atoms with Crippen molar-refractivity contribution in [2.75, 3.05) is 0 Å². The Labute approximate surface area is 81.9 Å². The van der Waals surface area contributed by atoms with Crippen LogP contribution in [-0.4, -0.2) is 10.9 Å². The maximum absolute atomic E-state index is 10.6. The van der Waals surface area contributed by atoms with Crippen LogP contribution in [0.15, 0.2) is 30.5 Å². The van der Waals surface area contributed by atoms with Crippen molar-refractivity contribution >= 4 is 16.8 Å². The molecule has 1 aromatic carbocycles. The number of amides is 1.